The zero-order valence-corrected chi connectivity index (χ0v) is 12.0. The summed E-state index contributed by atoms with van der Waals surface area (Å²) in [4.78, 5) is 18.8. The molecule has 1 unspecified atom stereocenters. The van der Waals surface area contributed by atoms with Crippen LogP contribution in [0.4, 0.5) is 5.95 Å². The van der Waals surface area contributed by atoms with Gasteiger partial charge in [0, 0.05) is 11.7 Å². The van der Waals surface area contributed by atoms with Crippen molar-refractivity contribution in [2.75, 3.05) is 11.9 Å². The van der Waals surface area contributed by atoms with Crippen LogP contribution >= 0.6 is 6.04 Å². The summed E-state index contributed by atoms with van der Waals surface area (Å²) in [5, 5.41) is 1.20. The number of aromatic amines is 1. The molecule has 1 aromatic heterocycles. The zero-order chi connectivity index (χ0) is 13.5. The molecule has 0 aliphatic carbocycles. The van der Waals surface area contributed by atoms with Crippen LogP contribution in [0, 0.1) is 0 Å². The highest BCUT2D eigenvalue weighted by molar-refractivity contribution is 8.17. The van der Waals surface area contributed by atoms with Crippen molar-refractivity contribution in [2.24, 2.45) is 0 Å². The van der Waals surface area contributed by atoms with Crippen LogP contribution in [0.1, 0.15) is 11.3 Å². The molecular weight excluding hydrogens is 277 g/mol. The van der Waals surface area contributed by atoms with Crippen LogP contribution in [0.25, 0.3) is 0 Å². The molecule has 0 saturated heterocycles. The highest BCUT2D eigenvalue weighted by Gasteiger charge is 2.29. The summed E-state index contributed by atoms with van der Waals surface area (Å²) in [5.41, 5.74) is 6.99. The van der Waals surface area contributed by atoms with Crippen molar-refractivity contribution >= 4 is 29.1 Å². The van der Waals surface area contributed by atoms with E-state index in [0.29, 0.717) is 6.16 Å². The van der Waals surface area contributed by atoms with Gasteiger partial charge in [0.2, 0.25) is 5.95 Å². The van der Waals surface area contributed by atoms with Crippen molar-refractivity contribution in [3.63, 3.8) is 0 Å². The number of aryl methyl sites for hydroxylation is 1. The van der Waals surface area contributed by atoms with Crippen LogP contribution in [-0.4, -0.2) is 16.1 Å². The molecule has 0 radical (unpaired) electrons. The third-order valence-electron chi connectivity index (χ3n) is 3.47. The largest absolute Gasteiger partial charge is 0.369 e. The molecule has 0 spiro atoms. The molecule has 0 bridgehead atoms. The summed E-state index contributed by atoms with van der Waals surface area (Å²) in [6, 6.07) is 8.43. The number of hydrogen-bond donors (Lipinski definition) is 2. The van der Waals surface area contributed by atoms with Gasteiger partial charge in [-0.05, 0) is 23.9 Å². The molecule has 3 N–H and O–H groups in total. The summed E-state index contributed by atoms with van der Waals surface area (Å²) in [6.07, 6.45) is 2.30. The molecule has 1 atom stereocenters. The van der Waals surface area contributed by atoms with Crippen LogP contribution in [0.5, 0.6) is 0 Å². The highest BCUT2D eigenvalue weighted by Crippen LogP contribution is 2.51. The number of nitrogens with one attached hydrogen (secondary N) is 1. The molecular formula is C13H14N3OPS. The maximum absolute atomic E-state index is 12.0. The molecule has 3 rings (SSSR count). The van der Waals surface area contributed by atoms with E-state index < -0.39 is 6.04 Å². The van der Waals surface area contributed by atoms with Gasteiger partial charge in [0.05, 0.1) is 5.69 Å². The maximum Gasteiger partial charge on any atom is 0.256 e. The van der Waals surface area contributed by atoms with Crippen molar-refractivity contribution < 1.29 is 0 Å². The number of aromatic nitrogens is 2. The first-order valence-corrected chi connectivity index (χ1v) is 9.27. The van der Waals surface area contributed by atoms with Gasteiger partial charge in [-0.2, -0.15) is 0 Å². The SMILES string of the molecule is Nc1nc2c(c(=O)[nH]1)CP(=S)(c1ccccc1)CC2. The molecule has 1 aliphatic rings. The van der Waals surface area contributed by atoms with Gasteiger partial charge in [0.1, 0.15) is 0 Å². The van der Waals surface area contributed by atoms with Crippen molar-refractivity contribution in [3.05, 3.63) is 51.9 Å². The molecule has 0 saturated carbocycles. The van der Waals surface area contributed by atoms with Gasteiger partial charge in [-0.3, -0.25) is 9.78 Å². The van der Waals surface area contributed by atoms with Gasteiger partial charge >= 0.3 is 0 Å². The van der Waals surface area contributed by atoms with Crippen molar-refractivity contribution in [1.29, 1.82) is 0 Å². The quantitative estimate of drug-likeness (QED) is 0.775. The minimum atomic E-state index is -1.71. The number of H-pyrrole nitrogens is 1. The molecule has 1 aliphatic heterocycles. The smallest absolute Gasteiger partial charge is 0.256 e. The summed E-state index contributed by atoms with van der Waals surface area (Å²) >= 11 is 5.89. The Balaban J connectivity index is 2.08. The molecule has 19 heavy (non-hydrogen) atoms. The summed E-state index contributed by atoms with van der Waals surface area (Å²) in [7, 11) is 0. The van der Waals surface area contributed by atoms with Gasteiger partial charge < -0.3 is 5.73 Å². The van der Waals surface area contributed by atoms with Crippen molar-refractivity contribution in [3.8, 4) is 0 Å². The second-order valence-corrected chi connectivity index (χ2v) is 9.89. The fourth-order valence-electron chi connectivity index (χ4n) is 2.47. The third-order valence-corrected chi connectivity index (χ3v) is 8.05. The van der Waals surface area contributed by atoms with Gasteiger partial charge in [-0.25, -0.2) is 4.98 Å². The number of hydrogen-bond acceptors (Lipinski definition) is 4. The van der Waals surface area contributed by atoms with Crippen molar-refractivity contribution in [1.82, 2.24) is 9.97 Å². The van der Waals surface area contributed by atoms with Crippen molar-refractivity contribution in [2.45, 2.75) is 12.6 Å². The predicted octanol–water partition coefficient (Wildman–Crippen LogP) is 1.21. The van der Waals surface area contributed by atoms with Gasteiger partial charge in [-0.1, -0.05) is 42.1 Å². The maximum atomic E-state index is 12.0. The predicted molar refractivity (Wildman–Crippen MR) is 81.9 cm³/mol. The van der Waals surface area contributed by atoms with E-state index in [-0.39, 0.29) is 11.5 Å². The molecule has 4 nitrogen and oxygen atoms in total. The van der Waals surface area contributed by atoms with Crippen LogP contribution in [0.15, 0.2) is 35.1 Å². The molecule has 98 valence electrons. The molecule has 2 aromatic rings. The van der Waals surface area contributed by atoms with E-state index in [1.807, 2.05) is 18.2 Å². The average Bonchev–Trinajstić information content (AvgIpc) is 2.41. The van der Waals surface area contributed by atoms with E-state index in [1.54, 1.807) is 0 Å². The Labute approximate surface area is 116 Å². The van der Waals surface area contributed by atoms with E-state index in [9.17, 15) is 4.79 Å². The van der Waals surface area contributed by atoms with Gasteiger partial charge in [0.25, 0.3) is 5.56 Å². The van der Waals surface area contributed by atoms with Gasteiger partial charge in [0.15, 0.2) is 0 Å². The lowest BCUT2D eigenvalue weighted by atomic mass is 10.2. The lowest BCUT2D eigenvalue weighted by Gasteiger charge is -2.27. The Bertz CT molecular complexity index is 726. The van der Waals surface area contributed by atoms with Crippen LogP contribution < -0.4 is 16.6 Å². The van der Waals surface area contributed by atoms with E-state index >= 15 is 0 Å². The lowest BCUT2D eigenvalue weighted by molar-refractivity contribution is 0.932. The van der Waals surface area contributed by atoms with E-state index in [1.165, 1.54) is 5.30 Å². The molecule has 6 heteroatoms. The van der Waals surface area contributed by atoms with Crippen LogP contribution in [0.2, 0.25) is 0 Å². The fourth-order valence-corrected chi connectivity index (χ4v) is 6.23. The molecule has 0 fully saturated rings. The number of fused-ring (bicyclic) bond motifs is 1. The van der Waals surface area contributed by atoms with E-state index in [0.717, 1.165) is 23.8 Å². The average molecular weight is 291 g/mol. The molecule has 0 amide bonds. The number of nitrogen functional groups attached to an aromatic ring is 1. The number of rotatable bonds is 1. The first kappa shape index (κ1) is 12.6. The zero-order valence-electron chi connectivity index (χ0n) is 10.3. The normalized spacial score (nSPS) is 21.9. The number of benzene rings is 1. The molecule has 1 aromatic carbocycles. The Morgan fingerprint density at radius 1 is 1.32 bits per heavy atom. The Morgan fingerprint density at radius 3 is 2.79 bits per heavy atom. The number of anilines is 1. The standard InChI is InChI=1S/C13H14N3OPS/c14-13-15-11-6-7-18(19,8-10(11)12(17)16-13)9-4-2-1-3-5-9/h1-5H,6-8H2,(H3,14,15,16,17). The Hall–Kier alpha value is -1.45. The summed E-state index contributed by atoms with van der Waals surface area (Å²) in [6.45, 7) is 0. The highest BCUT2D eigenvalue weighted by atomic mass is 32.4. The first-order chi connectivity index (χ1) is 9.08. The summed E-state index contributed by atoms with van der Waals surface area (Å²) < 4.78 is 0. The van der Waals surface area contributed by atoms with E-state index in [4.69, 9.17) is 17.5 Å². The number of nitrogens with two attached hydrogens (primary N) is 1. The second-order valence-electron chi connectivity index (χ2n) is 4.73. The Morgan fingerprint density at radius 2 is 2.05 bits per heavy atom. The third kappa shape index (κ3) is 2.24. The van der Waals surface area contributed by atoms with Crippen LogP contribution in [-0.2, 0) is 24.4 Å². The lowest BCUT2D eigenvalue weighted by Crippen LogP contribution is -2.26. The van der Waals surface area contributed by atoms with E-state index in [2.05, 4.69) is 22.1 Å². The minimum Gasteiger partial charge on any atom is -0.369 e. The second kappa shape index (κ2) is 4.58. The number of nitrogens with zero attached hydrogens (tertiary/aromatic N) is 1. The summed E-state index contributed by atoms with van der Waals surface area (Å²) in [5.74, 6) is 0.193. The molecule has 2 heterocycles. The minimum absolute atomic E-state index is 0.132. The first-order valence-electron chi connectivity index (χ1n) is 6.10. The Kier molecular flexibility index (Phi) is 3.03. The van der Waals surface area contributed by atoms with Crippen LogP contribution in [0.3, 0.4) is 0 Å². The fraction of sp³-hybridized carbons (Fsp3) is 0.231. The van der Waals surface area contributed by atoms with Gasteiger partial charge in [-0.15, -0.1) is 0 Å². The monoisotopic (exact) mass is 291 g/mol. The topological polar surface area (TPSA) is 71.8 Å².